The maximum Gasteiger partial charge on any atom is 0.105 e. The second kappa shape index (κ2) is 31.5. The molecule has 8 nitrogen and oxygen atoms in total. The number of carbonyl (C=O) groups is 2. The highest BCUT2D eigenvalue weighted by molar-refractivity contribution is 5.71. The normalized spacial score (nSPS) is 13.1. The zero-order valence-corrected chi connectivity index (χ0v) is 35.4. The first-order valence-electron chi connectivity index (χ1n) is 20.1. The number of carbonyl (C=O) groups excluding carboxylic acids is 2. The highest BCUT2D eigenvalue weighted by atomic mass is 16.4. The molecule has 0 aromatic rings. The van der Waals surface area contributed by atoms with Crippen molar-refractivity contribution in [2.45, 2.75) is 193 Å². The number of hydrogen-bond donors (Lipinski definition) is 2. The summed E-state index contributed by atoms with van der Waals surface area (Å²) in [7, 11) is 0. The molecule has 0 aromatic carbocycles. The van der Waals surface area contributed by atoms with Crippen LogP contribution in [-0.4, -0.2) is 95.7 Å². The fraction of sp³-hybridized carbons (Fsp3) is 0.951. The van der Waals surface area contributed by atoms with Crippen molar-refractivity contribution in [1.82, 2.24) is 0 Å². The lowest BCUT2D eigenvalue weighted by atomic mass is 9.91. The van der Waals surface area contributed by atoms with Crippen molar-refractivity contribution < 1.29 is 39.0 Å². The zero-order chi connectivity index (χ0) is 39.2. The molecule has 0 aliphatic carbocycles. The lowest BCUT2D eigenvalue weighted by molar-refractivity contribution is -0.931. The Kier molecular flexibility index (Phi) is 35.1. The first-order valence-corrected chi connectivity index (χ1v) is 20.1. The van der Waals surface area contributed by atoms with E-state index in [1.165, 1.54) is 116 Å². The largest absolute Gasteiger partial charge is 0.550 e. The molecule has 2 N–H and O–H groups in total. The van der Waals surface area contributed by atoms with Crippen molar-refractivity contribution in [3.05, 3.63) is 0 Å². The average Bonchev–Trinajstić information content (AvgIpc) is 3.02. The highest BCUT2D eigenvalue weighted by Gasteiger charge is 2.28. The van der Waals surface area contributed by atoms with Gasteiger partial charge in [-0.3, -0.25) is 0 Å². The lowest BCUT2D eigenvalue weighted by Crippen LogP contribution is -2.53. The third kappa shape index (κ3) is 32.4. The summed E-state index contributed by atoms with van der Waals surface area (Å²) in [5, 5.41) is 39.6. The van der Waals surface area contributed by atoms with Crippen LogP contribution in [0, 0.1) is 10.8 Å². The molecule has 0 saturated carbocycles. The molecule has 2 unspecified atom stereocenters. The lowest BCUT2D eigenvalue weighted by Gasteiger charge is -2.40. The molecule has 0 radical (unpaired) electrons. The van der Waals surface area contributed by atoms with Gasteiger partial charge < -0.3 is 39.0 Å². The van der Waals surface area contributed by atoms with Crippen LogP contribution in [0.4, 0.5) is 0 Å². The van der Waals surface area contributed by atoms with Gasteiger partial charge in [-0.1, -0.05) is 122 Å². The van der Waals surface area contributed by atoms with Crippen molar-refractivity contribution in [3.63, 3.8) is 0 Å². The molecule has 2 atom stereocenters. The van der Waals surface area contributed by atoms with Crippen LogP contribution < -0.4 is 10.2 Å². The molecule has 0 saturated heterocycles. The van der Waals surface area contributed by atoms with Crippen LogP contribution in [0.1, 0.15) is 180 Å². The van der Waals surface area contributed by atoms with Crippen molar-refractivity contribution in [2.75, 3.05) is 52.4 Å². The number of carboxylic acids is 2. The Balaban J connectivity index is -0.000000296. The Morgan fingerprint density at radius 2 is 0.714 bits per heavy atom. The van der Waals surface area contributed by atoms with E-state index in [4.69, 9.17) is 0 Å². The van der Waals surface area contributed by atoms with Crippen LogP contribution in [0.25, 0.3) is 0 Å². The predicted octanol–water partition coefficient (Wildman–Crippen LogP) is 7.12. The second-order valence-corrected chi connectivity index (χ2v) is 16.3. The van der Waals surface area contributed by atoms with Gasteiger partial charge in [-0.15, -0.1) is 0 Å². The Morgan fingerprint density at radius 1 is 0.510 bits per heavy atom. The van der Waals surface area contributed by atoms with E-state index in [1.54, 1.807) is 34.6 Å². The van der Waals surface area contributed by atoms with Crippen LogP contribution >= 0.6 is 0 Å². The summed E-state index contributed by atoms with van der Waals surface area (Å²) < 4.78 is 2.29. The number of rotatable bonds is 24. The number of carboxylic acid groups (broad SMARTS) is 2. The number of hydrogen-bond acceptors (Lipinski definition) is 6. The molecule has 0 fully saturated rings. The molecule has 298 valence electrons. The van der Waals surface area contributed by atoms with Crippen molar-refractivity contribution in [3.8, 4) is 0 Å². The molecule has 0 aromatic heterocycles. The summed E-state index contributed by atoms with van der Waals surface area (Å²) in [6, 6.07) is 0. The maximum atomic E-state index is 10.1. The van der Waals surface area contributed by atoms with Crippen LogP contribution in [0.2, 0.25) is 0 Å². The number of aliphatic hydroxyl groups excluding tert-OH is 2. The number of unbranched alkanes of at least 4 members (excludes halogenated alkanes) is 6. The molecule has 0 aliphatic rings. The minimum Gasteiger partial charge on any atom is -0.550 e. The topological polar surface area (TPSA) is 121 Å². The fourth-order valence-electron chi connectivity index (χ4n) is 5.45. The molecule has 49 heavy (non-hydrogen) atoms. The van der Waals surface area contributed by atoms with Gasteiger partial charge in [-0.25, -0.2) is 0 Å². The molecule has 0 heterocycles. The van der Waals surface area contributed by atoms with Gasteiger partial charge in [-0.2, -0.15) is 0 Å². The highest BCUT2D eigenvalue weighted by Crippen LogP contribution is 2.18. The van der Waals surface area contributed by atoms with Crippen molar-refractivity contribution in [2.24, 2.45) is 10.8 Å². The van der Waals surface area contributed by atoms with E-state index in [2.05, 4.69) is 41.5 Å². The SMILES string of the molecule is CC(C)(C)C(=O)[O-].CCC(C)(C)C(=O)[O-].CCCC[N+](CCCC)(CCCC)CC(C)O.CCCC[N+](CCCC)(CCCC)CC(C)O. The van der Waals surface area contributed by atoms with Crippen LogP contribution in [0.15, 0.2) is 0 Å². The number of aliphatic carboxylic acids is 2. The van der Waals surface area contributed by atoms with Gasteiger partial charge in [0.15, 0.2) is 0 Å². The number of nitrogens with zero attached hydrogens (tertiary/aromatic N) is 2. The summed E-state index contributed by atoms with van der Waals surface area (Å²) >= 11 is 0. The maximum absolute atomic E-state index is 10.1. The molecular formula is C41H88N2O6. The van der Waals surface area contributed by atoms with E-state index in [9.17, 15) is 30.0 Å². The Morgan fingerprint density at radius 3 is 0.796 bits per heavy atom. The molecule has 0 rings (SSSR count). The standard InChI is InChI=1S/2C15H34NO.C6H12O2.C5H10O2/c2*1-5-8-11-16(12-9-6-2,13-10-7-3)14-15(4)17;1-4-6(2,3)5(7)8;1-5(2,3)4(6)7/h2*15,17H,5-14H2,1-4H3;4H2,1-3H3,(H,7,8);1-3H3,(H,6,7)/q2*+1;;/p-2. The molecule has 0 spiro atoms. The first-order chi connectivity index (χ1) is 22.6. The second-order valence-electron chi connectivity index (χ2n) is 16.3. The van der Waals surface area contributed by atoms with E-state index in [0.717, 1.165) is 22.1 Å². The Bertz CT molecular complexity index is 680. The van der Waals surface area contributed by atoms with E-state index < -0.39 is 22.8 Å². The third-order valence-corrected chi connectivity index (χ3v) is 9.27. The fourth-order valence-corrected chi connectivity index (χ4v) is 5.45. The van der Waals surface area contributed by atoms with Gasteiger partial charge in [0, 0.05) is 22.8 Å². The molecule has 8 heteroatoms. The van der Waals surface area contributed by atoms with E-state index >= 15 is 0 Å². The minimum atomic E-state index is -1.01. The van der Waals surface area contributed by atoms with E-state index in [0.29, 0.717) is 6.42 Å². The van der Waals surface area contributed by atoms with Gasteiger partial charge in [-0.05, 0) is 58.8 Å². The Labute approximate surface area is 306 Å². The van der Waals surface area contributed by atoms with Gasteiger partial charge in [0.2, 0.25) is 0 Å². The number of aliphatic hydroxyl groups is 2. The molecule has 0 aliphatic heterocycles. The van der Waals surface area contributed by atoms with Gasteiger partial charge >= 0.3 is 0 Å². The van der Waals surface area contributed by atoms with Gasteiger partial charge in [0.05, 0.1) is 39.3 Å². The van der Waals surface area contributed by atoms with E-state index in [1.807, 2.05) is 20.8 Å². The molecule has 0 bridgehead atoms. The van der Waals surface area contributed by atoms with Crippen molar-refractivity contribution >= 4 is 11.9 Å². The zero-order valence-electron chi connectivity index (χ0n) is 35.4. The predicted molar refractivity (Wildman–Crippen MR) is 206 cm³/mol. The van der Waals surface area contributed by atoms with Crippen LogP contribution in [-0.2, 0) is 9.59 Å². The summed E-state index contributed by atoms with van der Waals surface area (Å²) in [5.41, 5.74) is -1.35. The molecule has 0 amide bonds. The number of quaternary nitrogens is 2. The van der Waals surface area contributed by atoms with Gasteiger partial charge in [0.1, 0.15) is 25.3 Å². The first kappa shape index (κ1) is 54.6. The summed E-state index contributed by atoms with van der Waals surface area (Å²) in [5.74, 6) is -1.98. The average molecular weight is 705 g/mol. The van der Waals surface area contributed by atoms with Gasteiger partial charge in [0.25, 0.3) is 0 Å². The van der Waals surface area contributed by atoms with E-state index in [-0.39, 0.29) is 12.2 Å². The van der Waals surface area contributed by atoms with Crippen LogP contribution in [0.5, 0.6) is 0 Å². The van der Waals surface area contributed by atoms with Crippen LogP contribution in [0.3, 0.4) is 0 Å². The Hall–Kier alpha value is -1.22. The quantitative estimate of drug-likeness (QED) is 0.103. The molecular weight excluding hydrogens is 616 g/mol. The smallest absolute Gasteiger partial charge is 0.105 e. The summed E-state index contributed by atoms with van der Waals surface area (Å²) in [6.07, 6.45) is 15.6. The summed E-state index contributed by atoms with van der Waals surface area (Å²) in [6.45, 7) is 36.8. The minimum absolute atomic E-state index is 0.166. The summed E-state index contributed by atoms with van der Waals surface area (Å²) in [4.78, 5) is 20.1. The third-order valence-electron chi connectivity index (χ3n) is 9.27. The van der Waals surface area contributed by atoms with Crippen molar-refractivity contribution in [1.29, 1.82) is 0 Å². The monoisotopic (exact) mass is 705 g/mol.